The van der Waals surface area contributed by atoms with Gasteiger partial charge in [-0.05, 0) is 6.92 Å². The standard InChI is InChI=1S/C2H6O.Al.H2O/c1-2-3;;/h3H,2H2,1H3;;1H2/q;+1;/p-1. The Morgan fingerprint density at radius 2 is 1.60 bits per heavy atom. The maximum atomic E-state index is 7.57. The molecule has 2 N–H and O–H groups in total. The molecule has 0 heterocycles. The van der Waals surface area contributed by atoms with Gasteiger partial charge in [-0.2, -0.15) is 0 Å². The predicted octanol–water partition coefficient (Wildman–Crippen LogP) is -0.939. The van der Waals surface area contributed by atoms with Gasteiger partial charge >= 0.3 is 16.6 Å². The van der Waals surface area contributed by atoms with E-state index in [1.54, 1.807) is 6.92 Å². The zero-order chi connectivity index (χ0) is 4.71. The van der Waals surface area contributed by atoms with Gasteiger partial charge in [0.1, 0.15) is 0 Å². The molecule has 3 heteroatoms. The number of aliphatic hydroxyl groups excluding tert-OH is 1. The highest BCUT2D eigenvalue weighted by atomic mass is 27.1. The molecule has 0 aliphatic carbocycles. The van der Waals surface area contributed by atoms with Crippen LogP contribution in [-0.4, -0.2) is 32.5 Å². The molecule has 30 valence electrons. The Balaban J connectivity index is 0. The van der Waals surface area contributed by atoms with E-state index in [0.29, 0.717) is 0 Å². The van der Waals surface area contributed by atoms with Gasteiger partial charge in [0.05, 0.1) is 0 Å². The van der Waals surface area contributed by atoms with Gasteiger partial charge in [0.15, 0.2) is 0 Å². The molecular weight excluding hydrogens is 83.0 g/mol. The van der Waals surface area contributed by atoms with Gasteiger partial charge in [0, 0.05) is 6.61 Å². The first kappa shape index (κ1) is 9.07. The van der Waals surface area contributed by atoms with Crippen molar-refractivity contribution in [3.8, 4) is 0 Å². The first-order valence-electron chi connectivity index (χ1n) is 1.28. The molecule has 0 rings (SSSR count). The van der Waals surface area contributed by atoms with Crippen LogP contribution in [0.3, 0.4) is 0 Å². The Hall–Kier alpha value is 0.452. The van der Waals surface area contributed by atoms with E-state index >= 15 is 0 Å². The van der Waals surface area contributed by atoms with E-state index in [4.69, 9.17) is 9.26 Å². The molecule has 0 aromatic heterocycles. The first-order valence-corrected chi connectivity index (χ1v) is 1.80. The minimum absolute atomic E-state index is 0.250. The van der Waals surface area contributed by atoms with E-state index in [1.807, 2.05) is 0 Å². The van der Waals surface area contributed by atoms with Crippen LogP contribution in [0.2, 0.25) is 0 Å². The van der Waals surface area contributed by atoms with Crippen molar-refractivity contribution < 1.29 is 9.26 Å². The summed E-state index contributed by atoms with van der Waals surface area (Å²) in [6.07, 6.45) is 0. The van der Waals surface area contributed by atoms with E-state index in [-0.39, 0.29) is 6.61 Å². The van der Waals surface area contributed by atoms with E-state index in [9.17, 15) is 0 Å². The van der Waals surface area contributed by atoms with Crippen LogP contribution in [0.5, 0.6) is 0 Å². The van der Waals surface area contributed by atoms with E-state index < -0.39 is 0 Å². The molecule has 0 amide bonds. The Bertz CT molecular complexity index is 7.61. The smallest absolute Gasteiger partial charge is 0.363 e. The molecule has 0 saturated carbocycles. The Morgan fingerprint density at radius 3 is 1.60 bits per heavy atom. The molecule has 2 nitrogen and oxygen atoms in total. The quantitative estimate of drug-likeness (QED) is 0.377. The van der Waals surface area contributed by atoms with Gasteiger partial charge in [-0.25, -0.2) is 0 Å². The number of aliphatic hydroxyl groups is 1. The van der Waals surface area contributed by atoms with Gasteiger partial charge in [0.2, 0.25) is 0 Å². The van der Waals surface area contributed by atoms with Crippen LogP contribution in [0.4, 0.5) is 0 Å². The molecular formula is C2H7AlO2. The van der Waals surface area contributed by atoms with E-state index in [1.165, 1.54) is 16.6 Å². The Morgan fingerprint density at radius 1 is 1.60 bits per heavy atom. The number of rotatable bonds is 0. The van der Waals surface area contributed by atoms with Crippen molar-refractivity contribution in [2.75, 3.05) is 6.61 Å². The molecule has 0 aliphatic heterocycles. The van der Waals surface area contributed by atoms with Crippen molar-refractivity contribution in [1.82, 2.24) is 0 Å². The lowest BCUT2D eigenvalue weighted by Gasteiger charge is -1.52. The van der Waals surface area contributed by atoms with Crippen molar-refractivity contribution in [3.05, 3.63) is 0 Å². The molecule has 0 unspecified atom stereocenters. The van der Waals surface area contributed by atoms with Crippen LogP contribution in [0.25, 0.3) is 0 Å². The maximum Gasteiger partial charge on any atom is 0.363 e. The second kappa shape index (κ2) is 25.2. The zero-order valence-corrected chi connectivity index (χ0v) is 4.33. The first-order chi connectivity index (χ1) is 2.41. The molecule has 0 atom stereocenters. The normalized spacial score (nSPS) is 4.60. The van der Waals surface area contributed by atoms with E-state index in [0.717, 1.165) is 0 Å². The molecule has 2 radical (unpaired) electrons. The third kappa shape index (κ3) is 131. The molecule has 0 bridgehead atoms. The lowest BCUT2D eigenvalue weighted by Crippen LogP contribution is -1.57. The molecule has 0 aliphatic rings. The number of hydrogen-bond acceptors (Lipinski definition) is 2. The average molecular weight is 90.1 g/mol. The fraction of sp³-hybridized carbons (Fsp3) is 1.00. The van der Waals surface area contributed by atoms with Crippen LogP contribution >= 0.6 is 0 Å². The summed E-state index contributed by atoms with van der Waals surface area (Å²) in [6, 6.07) is 0. The summed E-state index contributed by atoms with van der Waals surface area (Å²) in [4.78, 5) is 0. The second-order valence-corrected chi connectivity index (χ2v) is 0.316. The van der Waals surface area contributed by atoms with Crippen LogP contribution in [0, 0.1) is 0 Å². The fourth-order valence-electron chi connectivity index (χ4n) is 0. The molecule has 0 spiro atoms. The van der Waals surface area contributed by atoms with Crippen LogP contribution < -0.4 is 0 Å². The molecule has 0 aromatic carbocycles. The third-order valence-corrected chi connectivity index (χ3v) is 0. The van der Waals surface area contributed by atoms with Crippen molar-refractivity contribution in [2.45, 2.75) is 6.92 Å². The molecule has 0 aromatic rings. The Kier molecular flexibility index (Phi) is 45.6. The van der Waals surface area contributed by atoms with Crippen LogP contribution in [0.1, 0.15) is 6.92 Å². The van der Waals surface area contributed by atoms with Crippen molar-refractivity contribution in [3.63, 3.8) is 0 Å². The SMILES string of the molecule is CCO.[OH][Al]. The van der Waals surface area contributed by atoms with Crippen molar-refractivity contribution >= 4 is 16.6 Å². The maximum absolute atomic E-state index is 7.57. The lowest BCUT2D eigenvalue weighted by molar-refractivity contribution is 0.318. The second-order valence-electron chi connectivity index (χ2n) is 0.316. The third-order valence-electron chi connectivity index (χ3n) is 0. The van der Waals surface area contributed by atoms with Gasteiger partial charge < -0.3 is 9.26 Å². The highest BCUT2D eigenvalue weighted by Crippen LogP contribution is 1.30. The summed E-state index contributed by atoms with van der Waals surface area (Å²) in [5, 5.41) is 7.57. The van der Waals surface area contributed by atoms with Crippen LogP contribution in [-0.2, 0) is 0 Å². The monoisotopic (exact) mass is 90.0 g/mol. The topological polar surface area (TPSA) is 40.5 Å². The zero-order valence-electron chi connectivity index (χ0n) is 3.18. The lowest BCUT2D eigenvalue weighted by atomic mass is 10.9. The average Bonchev–Trinajstić information content (AvgIpc) is 1.46. The van der Waals surface area contributed by atoms with Gasteiger partial charge in [0.25, 0.3) is 0 Å². The molecule has 0 fully saturated rings. The summed E-state index contributed by atoms with van der Waals surface area (Å²) >= 11 is 1.42. The summed E-state index contributed by atoms with van der Waals surface area (Å²) in [6.45, 7) is 1.93. The highest BCUT2D eigenvalue weighted by Gasteiger charge is 1.34. The fourth-order valence-corrected chi connectivity index (χ4v) is 0. The minimum Gasteiger partial charge on any atom is -0.529 e. The Labute approximate surface area is 40.2 Å². The van der Waals surface area contributed by atoms with Gasteiger partial charge in [-0.15, -0.1) is 0 Å². The van der Waals surface area contributed by atoms with Gasteiger partial charge in [-0.3, -0.25) is 0 Å². The summed E-state index contributed by atoms with van der Waals surface area (Å²) < 4.78 is 6.92. The molecule has 0 saturated heterocycles. The number of hydrogen-bond donors (Lipinski definition) is 2. The van der Waals surface area contributed by atoms with E-state index in [2.05, 4.69) is 0 Å². The summed E-state index contributed by atoms with van der Waals surface area (Å²) in [7, 11) is 0. The summed E-state index contributed by atoms with van der Waals surface area (Å²) in [5.41, 5.74) is 0. The highest BCUT2D eigenvalue weighted by molar-refractivity contribution is 5.95. The summed E-state index contributed by atoms with van der Waals surface area (Å²) in [5.74, 6) is 0. The van der Waals surface area contributed by atoms with Crippen molar-refractivity contribution in [2.24, 2.45) is 0 Å². The van der Waals surface area contributed by atoms with Crippen LogP contribution in [0.15, 0.2) is 0 Å². The molecule has 5 heavy (non-hydrogen) atoms. The minimum atomic E-state index is 0.250. The predicted molar refractivity (Wildman–Crippen MR) is 20.7 cm³/mol. The van der Waals surface area contributed by atoms with Crippen molar-refractivity contribution in [1.29, 1.82) is 0 Å². The van der Waals surface area contributed by atoms with Gasteiger partial charge in [-0.1, -0.05) is 0 Å². The largest absolute Gasteiger partial charge is 0.529 e.